The highest BCUT2D eigenvalue weighted by Crippen LogP contribution is 2.57. The summed E-state index contributed by atoms with van der Waals surface area (Å²) in [7, 11) is 0. The molecule has 4 aliphatic carbocycles. The summed E-state index contributed by atoms with van der Waals surface area (Å²) in [5, 5.41) is 3.38. The van der Waals surface area contributed by atoms with Gasteiger partial charge >= 0.3 is 12.4 Å². The number of Topliss-reactive ketones (excluding diaryl/α,β-unsaturated/α-hetero) is 1. The SMILES string of the molecule is C.O=C(N1CCc2ncc(C(F)(F)F)cc2C1)C12CCCC1CC(N1CCC(c3ccccc3)CC1)C2.O=C1CC2CCCC2(C(=O)N2CCc3ncc(C(F)(F)F)cc3C2)C1.c1ccc(C2CCNCC2)cc1. The second kappa shape index (κ2) is 22.2. The monoisotopic (exact) mass is 1030 g/mol. The van der Waals surface area contributed by atoms with Crippen molar-refractivity contribution in [2.75, 3.05) is 39.3 Å². The Hall–Kier alpha value is -5.15. The number of carbonyl (C=O) groups excluding carboxylic acids is 3. The van der Waals surface area contributed by atoms with Crippen molar-refractivity contribution in [3.05, 3.63) is 130 Å². The number of amides is 2. The number of carbonyl (C=O) groups is 3. The molecule has 1 N–H and O–H groups in total. The van der Waals surface area contributed by atoms with E-state index in [-0.39, 0.29) is 49.4 Å². The van der Waals surface area contributed by atoms with Crippen molar-refractivity contribution in [1.82, 2.24) is 30.0 Å². The molecule has 2 saturated heterocycles. The summed E-state index contributed by atoms with van der Waals surface area (Å²) in [4.78, 5) is 53.2. The lowest BCUT2D eigenvalue weighted by Gasteiger charge is -2.39. The van der Waals surface area contributed by atoms with E-state index in [2.05, 4.69) is 80.8 Å². The van der Waals surface area contributed by atoms with Crippen LogP contribution in [-0.4, -0.2) is 87.6 Å². The molecule has 2 amide bonds. The van der Waals surface area contributed by atoms with Gasteiger partial charge in [-0.1, -0.05) is 80.9 Å². The first-order chi connectivity index (χ1) is 35.1. The van der Waals surface area contributed by atoms with E-state index < -0.39 is 28.9 Å². The number of nitrogens with zero attached hydrogens (tertiary/aromatic N) is 5. The number of alkyl halides is 6. The Bertz CT molecular complexity index is 2600. The van der Waals surface area contributed by atoms with E-state index in [1.54, 1.807) is 4.90 Å². The number of fused-ring (bicyclic) bond motifs is 4. The molecule has 12 rings (SSSR count). The van der Waals surface area contributed by atoms with Gasteiger partial charge in [0.2, 0.25) is 11.8 Å². The second-order valence-corrected chi connectivity index (χ2v) is 22.3. The maximum atomic E-state index is 14.0. The van der Waals surface area contributed by atoms with Crippen molar-refractivity contribution in [3.8, 4) is 0 Å². The molecule has 398 valence electrons. The Kier molecular flexibility index (Phi) is 16.1. The van der Waals surface area contributed by atoms with Gasteiger partial charge in [0.15, 0.2) is 0 Å². The van der Waals surface area contributed by atoms with Crippen LogP contribution in [0, 0.1) is 22.7 Å². The number of benzene rings is 2. The fraction of sp³-hybridized carbons (Fsp3) is 0.576. The third-order valence-corrected chi connectivity index (χ3v) is 18.1. The summed E-state index contributed by atoms with van der Waals surface area (Å²) < 4.78 is 78.5. The number of hydrogen-bond acceptors (Lipinski definition) is 7. The number of hydrogen-bond donors (Lipinski definition) is 1. The first kappa shape index (κ1) is 53.7. The Morgan fingerprint density at radius 2 is 1.11 bits per heavy atom. The lowest BCUT2D eigenvalue weighted by molar-refractivity contribution is -0.145. The molecule has 2 aromatic carbocycles. The molecule has 5 unspecified atom stereocenters. The minimum absolute atomic E-state index is 0. The molecule has 4 aromatic rings. The average molecular weight is 1030 g/mol. The zero-order valence-corrected chi connectivity index (χ0v) is 41.7. The third kappa shape index (κ3) is 11.2. The molecule has 4 saturated carbocycles. The molecule has 15 heteroatoms. The highest BCUT2D eigenvalue weighted by molar-refractivity contribution is 5.94. The lowest BCUT2D eigenvalue weighted by Crippen LogP contribution is -2.47. The van der Waals surface area contributed by atoms with Gasteiger partial charge in [0.05, 0.1) is 22.0 Å². The van der Waals surface area contributed by atoms with Crippen LogP contribution in [0.4, 0.5) is 26.3 Å². The first-order valence-electron chi connectivity index (χ1n) is 26.8. The van der Waals surface area contributed by atoms with Crippen molar-refractivity contribution in [2.45, 2.75) is 153 Å². The molecule has 0 bridgehead atoms. The van der Waals surface area contributed by atoms with Gasteiger partial charge in [0.25, 0.3) is 0 Å². The molecule has 4 aliphatic heterocycles. The summed E-state index contributed by atoms with van der Waals surface area (Å²) in [6.45, 7) is 5.90. The fourth-order valence-corrected chi connectivity index (χ4v) is 14.3. The van der Waals surface area contributed by atoms with Gasteiger partial charge in [0.1, 0.15) is 5.78 Å². The van der Waals surface area contributed by atoms with Crippen LogP contribution >= 0.6 is 0 Å². The Labute approximate surface area is 432 Å². The number of piperidine rings is 2. The van der Waals surface area contributed by atoms with Crippen LogP contribution in [-0.2, 0) is 52.7 Å². The van der Waals surface area contributed by atoms with Crippen LogP contribution in [0.3, 0.4) is 0 Å². The van der Waals surface area contributed by atoms with Crippen LogP contribution in [0.25, 0.3) is 0 Å². The summed E-state index contributed by atoms with van der Waals surface area (Å²) in [6.07, 6.45) is 7.15. The summed E-state index contributed by atoms with van der Waals surface area (Å²) >= 11 is 0. The molecule has 5 atom stereocenters. The van der Waals surface area contributed by atoms with Gasteiger partial charge in [-0.3, -0.25) is 24.4 Å². The van der Waals surface area contributed by atoms with E-state index in [0.717, 1.165) is 95.3 Å². The molecule has 0 radical (unpaired) electrons. The topological polar surface area (TPSA) is 98.7 Å². The number of rotatable bonds is 5. The minimum Gasteiger partial charge on any atom is -0.337 e. The standard InChI is InChI=1S/C29H34F3N3O.C18H19F3N2O2.C11H15N.CH4/c30-29(31,32)24-15-22-19-35(14-10-26(22)33-18-24)27(36)28-11-4-7-23(28)16-25(17-28)34-12-8-21(9-13-34)20-5-2-1-3-6-20;19-18(20,21)13-6-11-10-23(5-3-15(11)22-9-13)16(25)17-4-1-2-12(17)7-14(24)8-17;1-2-4-10(5-3-1)11-6-8-12-9-7-11;/h1-3,5-6,15,18,21,23,25H,4,7-14,16-17,19H2;6,9,12H,1-5,7-8,10H2;1-5,11-12H,6-9H2;1H4. The fourth-order valence-electron chi connectivity index (χ4n) is 14.3. The molecule has 6 fully saturated rings. The number of pyridine rings is 2. The number of ketones is 1. The van der Waals surface area contributed by atoms with Crippen molar-refractivity contribution in [1.29, 1.82) is 0 Å². The van der Waals surface area contributed by atoms with Crippen LogP contribution < -0.4 is 5.32 Å². The number of likely N-dealkylation sites (tertiary alicyclic amines) is 1. The van der Waals surface area contributed by atoms with Crippen molar-refractivity contribution in [3.63, 3.8) is 0 Å². The zero-order chi connectivity index (χ0) is 51.0. The smallest absolute Gasteiger partial charge is 0.337 e. The minimum atomic E-state index is -4.44. The highest BCUT2D eigenvalue weighted by atomic mass is 19.4. The maximum absolute atomic E-state index is 14.0. The molecule has 0 spiro atoms. The third-order valence-electron chi connectivity index (χ3n) is 18.1. The van der Waals surface area contributed by atoms with E-state index in [9.17, 15) is 40.7 Å². The van der Waals surface area contributed by atoms with Crippen molar-refractivity contribution in [2.24, 2.45) is 22.7 Å². The predicted molar refractivity (Wildman–Crippen MR) is 272 cm³/mol. The maximum Gasteiger partial charge on any atom is 0.417 e. The van der Waals surface area contributed by atoms with Gasteiger partial charge in [-0.25, -0.2) is 0 Å². The van der Waals surface area contributed by atoms with E-state index in [0.29, 0.717) is 85.6 Å². The van der Waals surface area contributed by atoms with E-state index in [1.807, 2.05) is 4.90 Å². The van der Waals surface area contributed by atoms with Gasteiger partial charge in [-0.15, -0.1) is 0 Å². The molecule has 74 heavy (non-hydrogen) atoms. The average Bonchev–Trinajstić information content (AvgIpc) is 4.18. The lowest BCUT2D eigenvalue weighted by atomic mass is 9.78. The van der Waals surface area contributed by atoms with Crippen molar-refractivity contribution < 1.29 is 40.7 Å². The highest BCUT2D eigenvalue weighted by Gasteiger charge is 2.58. The van der Waals surface area contributed by atoms with E-state index in [4.69, 9.17) is 0 Å². The Balaban J connectivity index is 0.000000153. The molecule has 2 aromatic heterocycles. The van der Waals surface area contributed by atoms with Gasteiger partial charge < -0.3 is 20.0 Å². The second-order valence-electron chi connectivity index (χ2n) is 22.3. The van der Waals surface area contributed by atoms with E-state index in [1.165, 1.54) is 43.1 Å². The Morgan fingerprint density at radius 1 is 0.622 bits per heavy atom. The number of nitrogens with one attached hydrogen (secondary N) is 1. The normalized spacial score (nSPS) is 27.1. The van der Waals surface area contributed by atoms with Gasteiger partial charge in [-0.05, 0) is 148 Å². The first-order valence-corrected chi connectivity index (χ1v) is 26.8. The van der Waals surface area contributed by atoms with E-state index >= 15 is 0 Å². The number of aromatic nitrogens is 2. The molecular formula is C59H72F6N6O3. The summed E-state index contributed by atoms with van der Waals surface area (Å²) in [5.41, 5.74) is 2.81. The van der Waals surface area contributed by atoms with Crippen LogP contribution in [0.2, 0.25) is 0 Å². The van der Waals surface area contributed by atoms with Crippen LogP contribution in [0.15, 0.2) is 85.2 Å². The van der Waals surface area contributed by atoms with Crippen LogP contribution in [0.5, 0.6) is 0 Å². The zero-order valence-electron chi connectivity index (χ0n) is 41.7. The van der Waals surface area contributed by atoms with Crippen molar-refractivity contribution >= 4 is 17.6 Å². The summed E-state index contributed by atoms with van der Waals surface area (Å²) in [6, 6.07) is 24.4. The molecule has 8 aliphatic rings. The number of halogens is 6. The molecule has 9 nitrogen and oxygen atoms in total. The summed E-state index contributed by atoms with van der Waals surface area (Å²) in [5.74, 6) is 2.17. The Morgan fingerprint density at radius 3 is 1.64 bits per heavy atom. The predicted octanol–water partition coefficient (Wildman–Crippen LogP) is 11.7. The molecule has 6 heterocycles. The molecular weight excluding hydrogens is 955 g/mol. The van der Waals surface area contributed by atoms with Gasteiger partial charge in [-0.2, -0.15) is 26.3 Å². The quantitative estimate of drug-likeness (QED) is 0.199. The largest absolute Gasteiger partial charge is 0.417 e. The van der Waals surface area contributed by atoms with Gasteiger partial charge in [0, 0.05) is 81.7 Å². The van der Waals surface area contributed by atoms with Crippen LogP contribution in [0.1, 0.15) is 154 Å².